The van der Waals surface area contributed by atoms with Crippen LogP contribution in [0.5, 0.6) is 0 Å². The lowest BCUT2D eigenvalue weighted by molar-refractivity contribution is 0.0992. The van der Waals surface area contributed by atoms with Gasteiger partial charge in [0.1, 0.15) is 0 Å². The van der Waals surface area contributed by atoms with Crippen LogP contribution in [-0.4, -0.2) is 49.8 Å². The molecule has 17 heavy (non-hydrogen) atoms. The number of fused-ring (bicyclic) bond motifs is 2. The molecule has 2 N–H and O–H groups in total. The van der Waals surface area contributed by atoms with E-state index in [4.69, 9.17) is 4.74 Å². The summed E-state index contributed by atoms with van der Waals surface area (Å²) < 4.78 is 5.82. The normalized spacial score (nSPS) is 31.9. The van der Waals surface area contributed by atoms with Crippen molar-refractivity contribution in [3.05, 3.63) is 0 Å². The Hall–Kier alpha value is -0.420. The third kappa shape index (κ3) is 3.52. The highest BCUT2D eigenvalue weighted by Crippen LogP contribution is 2.34. The van der Waals surface area contributed by atoms with Gasteiger partial charge in [0.25, 0.3) is 0 Å². The predicted octanol–water partition coefficient (Wildman–Crippen LogP) is 1.22. The molecule has 0 aromatic heterocycles. The van der Waals surface area contributed by atoms with Gasteiger partial charge in [0.05, 0.1) is 18.2 Å². The van der Waals surface area contributed by atoms with Gasteiger partial charge < -0.3 is 15.4 Å². The van der Waals surface area contributed by atoms with Crippen molar-refractivity contribution in [2.75, 3.05) is 25.6 Å². The van der Waals surface area contributed by atoms with E-state index in [1.807, 2.05) is 18.8 Å². The van der Waals surface area contributed by atoms with Crippen LogP contribution >= 0.6 is 11.8 Å². The van der Waals surface area contributed by atoms with Crippen molar-refractivity contribution in [2.24, 2.45) is 4.99 Å². The number of hydrogen-bond acceptors (Lipinski definition) is 3. The van der Waals surface area contributed by atoms with E-state index in [9.17, 15) is 0 Å². The van der Waals surface area contributed by atoms with Crippen molar-refractivity contribution in [1.29, 1.82) is 0 Å². The molecule has 2 heterocycles. The summed E-state index contributed by atoms with van der Waals surface area (Å²) in [6, 6.07) is 0.459. The first-order chi connectivity index (χ1) is 8.33. The maximum atomic E-state index is 5.82. The molecule has 0 spiro atoms. The Morgan fingerprint density at radius 3 is 2.94 bits per heavy atom. The van der Waals surface area contributed by atoms with Crippen molar-refractivity contribution in [3.63, 3.8) is 0 Å². The van der Waals surface area contributed by atoms with Crippen LogP contribution in [0, 0.1) is 0 Å². The fourth-order valence-corrected chi connectivity index (χ4v) is 3.02. The minimum Gasteiger partial charge on any atom is -0.373 e. The molecule has 3 unspecified atom stereocenters. The summed E-state index contributed by atoms with van der Waals surface area (Å²) in [6.07, 6.45) is 7.79. The molecule has 2 rings (SSSR count). The van der Waals surface area contributed by atoms with Gasteiger partial charge in [-0.05, 0) is 37.7 Å². The molecule has 2 aliphatic rings. The SMILES string of the molecule is CN=C(NCCCSC)NC1CC2CCC1O2. The third-order valence-corrected chi connectivity index (χ3v) is 4.17. The molecule has 0 saturated carbocycles. The van der Waals surface area contributed by atoms with Crippen molar-refractivity contribution < 1.29 is 4.74 Å². The first-order valence-corrected chi connectivity index (χ1v) is 7.84. The van der Waals surface area contributed by atoms with Crippen molar-refractivity contribution in [2.45, 2.75) is 43.9 Å². The van der Waals surface area contributed by atoms with Crippen LogP contribution in [-0.2, 0) is 4.74 Å². The minimum atomic E-state index is 0.407. The highest BCUT2D eigenvalue weighted by atomic mass is 32.2. The van der Waals surface area contributed by atoms with Crippen molar-refractivity contribution in [1.82, 2.24) is 10.6 Å². The fraction of sp³-hybridized carbons (Fsp3) is 0.917. The van der Waals surface area contributed by atoms with Crippen LogP contribution in [0.3, 0.4) is 0 Å². The maximum absolute atomic E-state index is 5.82. The first kappa shape index (κ1) is 13.0. The van der Waals surface area contributed by atoms with Crippen LogP contribution in [0.2, 0.25) is 0 Å². The second kappa shape index (κ2) is 6.50. The largest absolute Gasteiger partial charge is 0.373 e. The highest BCUT2D eigenvalue weighted by Gasteiger charge is 2.40. The lowest BCUT2D eigenvalue weighted by Crippen LogP contribution is -2.47. The van der Waals surface area contributed by atoms with Crippen molar-refractivity contribution >= 4 is 17.7 Å². The predicted molar refractivity (Wildman–Crippen MR) is 73.8 cm³/mol. The van der Waals surface area contributed by atoms with Crippen LogP contribution in [0.4, 0.5) is 0 Å². The molecule has 0 aliphatic carbocycles. The lowest BCUT2D eigenvalue weighted by atomic mass is 9.96. The van der Waals surface area contributed by atoms with Crippen LogP contribution in [0.1, 0.15) is 25.7 Å². The average molecular weight is 257 g/mol. The molecule has 2 bridgehead atoms. The number of rotatable bonds is 5. The lowest BCUT2D eigenvalue weighted by Gasteiger charge is -2.22. The number of nitrogens with zero attached hydrogens (tertiary/aromatic N) is 1. The Labute approximate surface area is 108 Å². The molecule has 0 aromatic carbocycles. The maximum Gasteiger partial charge on any atom is 0.191 e. The van der Waals surface area contributed by atoms with Gasteiger partial charge in [-0.15, -0.1) is 0 Å². The number of ether oxygens (including phenoxy) is 1. The fourth-order valence-electron chi connectivity index (χ4n) is 2.58. The monoisotopic (exact) mass is 257 g/mol. The Morgan fingerprint density at radius 2 is 2.35 bits per heavy atom. The molecule has 4 nitrogen and oxygen atoms in total. The van der Waals surface area contributed by atoms with Gasteiger partial charge in [0, 0.05) is 13.6 Å². The summed E-state index contributed by atoms with van der Waals surface area (Å²) in [5.74, 6) is 2.12. The zero-order valence-corrected chi connectivity index (χ0v) is 11.6. The minimum absolute atomic E-state index is 0.407. The third-order valence-electron chi connectivity index (χ3n) is 3.47. The summed E-state index contributed by atoms with van der Waals surface area (Å²) in [5.41, 5.74) is 0. The van der Waals surface area contributed by atoms with Gasteiger partial charge >= 0.3 is 0 Å². The van der Waals surface area contributed by atoms with Gasteiger partial charge in [0.2, 0.25) is 0 Å². The quantitative estimate of drug-likeness (QED) is 0.442. The van der Waals surface area contributed by atoms with E-state index in [2.05, 4.69) is 21.9 Å². The van der Waals surface area contributed by atoms with Gasteiger partial charge in [-0.3, -0.25) is 4.99 Å². The molecule has 2 fully saturated rings. The highest BCUT2D eigenvalue weighted by molar-refractivity contribution is 7.98. The number of thioether (sulfide) groups is 1. The number of nitrogens with one attached hydrogen (secondary N) is 2. The Bertz CT molecular complexity index is 272. The van der Waals surface area contributed by atoms with E-state index >= 15 is 0 Å². The number of aliphatic imine (C=N–C) groups is 1. The first-order valence-electron chi connectivity index (χ1n) is 6.45. The zero-order chi connectivity index (χ0) is 12.1. The molecule has 0 radical (unpaired) electrons. The van der Waals surface area contributed by atoms with E-state index in [1.165, 1.54) is 25.0 Å². The Balaban J connectivity index is 1.69. The summed E-state index contributed by atoms with van der Waals surface area (Å²) >= 11 is 1.88. The van der Waals surface area contributed by atoms with Crippen LogP contribution in [0.15, 0.2) is 4.99 Å². The molecule has 2 saturated heterocycles. The van der Waals surface area contributed by atoms with Gasteiger partial charge in [-0.1, -0.05) is 0 Å². The molecule has 3 atom stereocenters. The summed E-state index contributed by atoms with van der Waals surface area (Å²) in [5, 5.41) is 6.84. The van der Waals surface area contributed by atoms with Gasteiger partial charge in [-0.25, -0.2) is 0 Å². The molecule has 2 aliphatic heterocycles. The molecular weight excluding hydrogens is 234 g/mol. The number of hydrogen-bond donors (Lipinski definition) is 2. The second-order valence-corrected chi connectivity index (χ2v) is 5.69. The Kier molecular flexibility index (Phi) is 4.98. The Morgan fingerprint density at radius 1 is 1.47 bits per heavy atom. The molecule has 5 heteroatoms. The summed E-state index contributed by atoms with van der Waals surface area (Å²) in [4.78, 5) is 4.26. The van der Waals surface area contributed by atoms with Gasteiger partial charge in [-0.2, -0.15) is 11.8 Å². The summed E-state index contributed by atoms with van der Waals surface area (Å²) in [7, 11) is 1.83. The zero-order valence-electron chi connectivity index (χ0n) is 10.7. The van der Waals surface area contributed by atoms with E-state index in [0.717, 1.165) is 18.9 Å². The summed E-state index contributed by atoms with van der Waals surface area (Å²) in [6.45, 7) is 0.988. The van der Waals surface area contributed by atoms with Crippen molar-refractivity contribution in [3.8, 4) is 0 Å². The molecule has 0 aromatic rings. The smallest absolute Gasteiger partial charge is 0.191 e. The topological polar surface area (TPSA) is 45.7 Å². The van der Waals surface area contributed by atoms with Gasteiger partial charge in [0.15, 0.2) is 5.96 Å². The van der Waals surface area contributed by atoms with E-state index in [1.54, 1.807) is 0 Å². The number of guanidine groups is 1. The standard InChI is InChI=1S/C12H23N3OS/c1-13-12(14-6-3-7-17-2)15-10-8-9-4-5-11(10)16-9/h9-11H,3-8H2,1-2H3,(H2,13,14,15). The van der Waals surface area contributed by atoms with E-state index in [0.29, 0.717) is 18.2 Å². The van der Waals surface area contributed by atoms with Crippen LogP contribution in [0.25, 0.3) is 0 Å². The van der Waals surface area contributed by atoms with Crippen LogP contribution < -0.4 is 10.6 Å². The molecular formula is C12H23N3OS. The second-order valence-electron chi connectivity index (χ2n) is 4.71. The average Bonchev–Trinajstić information content (AvgIpc) is 2.95. The molecule has 98 valence electrons. The van der Waals surface area contributed by atoms with E-state index in [-0.39, 0.29) is 0 Å². The molecule has 0 amide bonds. The van der Waals surface area contributed by atoms with E-state index < -0.39 is 0 Å².